The topological polar surface area (TPSA) is 96.5 Å². The SMILES string of the molecule is O=C1CC(OC(=O)N[C@H]2CCc3c(C(=O)Nc4ccc(F)c(Cl)c4)ccc(F)c32)CN1. The smallest absolute Gasteiger partial charge is 0.407 e. The van der Waals surface area contributed by atoms with Crippen molar-refractivity contribution in [1.29, 1.82) is 0 Å². The molecule has 31 heavy (non-hydrogen) atoms. The van der Waals surface area contributed by atoms with E-state index in [1.54, 1.807) is 0 Å². The van der Waals surface area contributed by atoms with Crippen molar-refractivity contribution >= 4 is 35.2 Å². The summed E-state index contributed by atoms with van der Waals surface area (Å²) in [5.74, 6) is -1.86. The van der Waals surface area contributed by atoms with Gasteiger partial charge in [0, 0.05) is 16.8 Å². The Bertz CT molecular complexity index is 1080. The molecule has 0 spiro atoms. The molecule has 10 heteroatoms. The van der Waals surface area contributed by atoms with Gasteiger partial charge < -0.3 is 20.7 Å². The van der Waals surface area contributed by atoms with E-state index in [2.05, 4.69) is 16.0 Å². The zero-order chi connectivity index (χ0) is 22.1. The van der Waals surface area contributed by atoms with E-state index >= 15 is 0 Å². The first-order valence-corrected chi connectivity index (χ1v) is 10.0. The zero-order valence-electron chi connectivity index (χ0n) is 16.1. The molecule has 2 atom stereocenters. The van der Waals surface area contributed by atoms with Crippen LogP contribution in [0.2, 0.25) is 5.02 Å². The summed E-state index contributed by atoms with van der Waals surface area (Å²) in [5.41, 5.74) is 1.25. The molecule has 0 saturated carbocycles. The molecule has 0 aromatic heterocycles. The molecule has 2 aliphatic rings. The second-order valence-corrected chi connectivity index (χ2v) is 7.75. The van der Waals surface area contributed by atoms with Gasteiger partial charge >= 0.3 is 6.09 Å². The largest absolute Gasteiger partial charge is 0.444 e. The van der Waals surface area contributed by atoms with Crippen LogP contribution in [0.3, 0.4) is 0 Å². The van der Waals surface area contributed by atoms with Crippen molar-refractivity contribution in [3.8, 4) is 0 Å². The van der Waals surface area contributed by atoms with Crippen molar-refractivity contribution in [3.63, 3.8) is 0 Å². The van der Waals surface area contributed by atoms with Crippen molar-refractivity contribution in [2.75, 3.05) is 11.9 Å². The summed E-state index contributed by atoms with van der Waals surface area (Å²) in [6, 6.07) is 5.64. The highest BCUT2D eigenvalue weighted by Crippen LogP contribution is 2.36. The summed E-state index contributed by atoms with van der Waals surface area (Å²) in [5, 5.41) is 7.66. The number of halogens is 3. The van der Waals surface area contributed by atoms with Gasteiger partial charge in [-0.15, -0.1) is 0 Å². The minimum atomic E-state index is -0.755. The maximum Gasteiger partial charge on any atom is 0.407 e. The maximum atomic E-state index is 14.6. The number of alkyl carbamates (subject to hydrolysis) is 1. The summed E-state index contributed by atoms with van der Waals surface area (Å²) in [7, 11) is 0. The second-order valence-electron chi connectivity index (χ2n) is 7.34. The molecular formula is C21H18ClF2N3O4. The van der Waals surface area contributed by atoms with E-state index in [0.29, 0.717) is 24.1 Å². The Morgan fingerprint density at radius 3 is 2.65 bits per heavy atom. The third kappa shape index (κ3) is 4.46. The Balaban J connectivity index is 1.49. The number of hydrogen-bond donors (Lipinski definition) is 3. The van der Waals surface area contributed by atoms with Crippen molar-refractivity contribution < 1.29 is 27.9 Å². The summed E-state index contributed by atoms with van der Waals surface area (Å²) < 4.78 is 33.1. The summed E-state index contributed by atoms with van der Waals surface area (Å²) in [6.07, 6.45) is -0.488. The maximum absolute atomic E-state index is 14.6. The standard InChI is InChI=1S/C21H18ClF2N3O4/c22-14-7-10(1-4-15(14)23)26-20(29)13-2-5-16(24)19-12(13)3-6-17(19)27-21(30)31-11-8-18(28)25-9-11/h1-2,4-5,7,11,17H,3,6,8-9H2,(H,25,28)(H,26,29)(H,27,30)/t11?,17-/m0/s1. The average Bonchev–Trinajstić information content (AvgIpc) is 3.31. The highest BCUT2D eigenvalue weighted by molar-refractivity contribution is 6.31. The Hall–Kier alpha value is -3.20. The van der Waals surface area contributed by atoms with Crippen LogP contribution in [0.1, 0.15) is 40.4 Å². The Kier molecular flexibility index (Phi) is 5.77. The summed E-state index contributed by atoms with van der Waals surface area (Å²) >= 11 is 5.74. The molecule has 1 aliphatic heterocycles. The van der Waals surface area contributed by atoms with Crippen LogP contribution in [0.4, 0.5) is 19.3 Å². The van der Waals surface area contributed by atoms with Crippen molar-refractivity contribution in [3.05, 3.63) is 63.7 Å². The number of hydrogen-bond acceptors (Lipinski definition) is 4. The van der Waals surface area contributed by atoms with Gasteiger partial charge in [0.15, 0.2) is 0 Å². The fourth-order valence-electron chi connectivity index (χ4n) is 3.83. The van der Waals surface area contributed by atoms with Gasteiger partial charge in [0.25, 0.3) is 5.91 Å². The molecule has 3 N–H and O–H groups in total. The minimum Gasteiger partial charge on any atom is -0.444 e. The van der Waals surface area contributed by atoms with Crippen LogP contribution in [0.15, 0.2) is 30.3 Å². The lowest BCUT2D eigenvalue weighted by molar-refractivity contribution is -0.119. The summed E-state index contributed by atoms with van der Waals surface area (Å²) in [4.78, 5) is 36.2. The van der Waals surface area contributed by atoms with Crippen LogP contribution in [-0.4, -0.2) is 30.6 Å². The summed E-state index contributed by atoms with van der Waals surface area (Å²) in [6.45, 7) is 0.236. The van der Waals surface area contributed by atoms with Gasteiger partial charge in [-0.1, -0.05) is 11.6 Å². The highest BCUT2D eigenvalue weighted by atomic mass is 35.5. The Morgan fingerprint density at radius 2 is 1.94 bits per heavy atom. The van der Waals surface area contributed by atoms with E-state index in [0.717, 1.165) is 12.1 Å². The molecule has 3 amide bonds. The van der Waals surface area contributed by atoms with E-state index in [1.807, 2.05) is 0 Å². The first-order valence-electron chi connectivity index (χ1n) is 9.63. The van der Waals surface area contributed by atoms with Gasteiger partial charge in [0.05, 0.1) is 24.0 Å². The molecule has 162 valence electrons. The van der Waals surface area contributed by atoms with Crippen molar-refractivity contribution in [2.24, 2.45) is 0 Å². The molecule has 1 heterocycles. The number of rotatable bonds is 4. The van der Waals surface area contributed by atoms with Gasteiger partial charge in [-0.05, 0) is 48.7 Å². The molecule has 1 fully saturated rings. The number of nitrogens with one attached hydrogen (secondary N) is 3. The normalized spacial score (nSPS) is 19.5. The lowest BCUT2D eigenvalue weighted by Crippen LogP contribution is -2.32. The van der Waals surface area contributed by atoms with Crippen molar-refractivity contribution in [1.82, 2.24) is 10.6 Å². The quantitative estimate of drug-likeness (QED) is 0.666. The number of carbonyl (C=O) groups is 3. The van der Waals surface area contributed by atoms with E-state index in [1.165, 1.54) is 18.2 Å². The third-order valence-electron chi connectivity index (χ3n) is 5.26. The number of fused-ring (bicyclic) bond motifs is 1. The second kappa shape index (κ2) is 8.50. The van der Waals surface area contributed by atoms with Gasteiger partial charge in [-0.3, -0.25) is 9.59 Å². The molecule has 1 unspecified atom stereocenters. The molecule has 2 aromatic carbocycles. The number of anilines is 1. The molecule has 4 rings (SSSR count). The van der Waals surface area contributed by atoms with E-state index in [-0.39, 0.29) is 35.0 Å². The molecular weight excluding hydrogens is 432 g/mol. The predicted octanol–water partition coefficient (Wildman–Crippen LogP) is 3.47. The average molecular weight is 450 g/mol. The fourth-order valence-corrected chi connectivity index (χ4v) is 4.01. The lowest BCUT2D eigenvalue weighted by atomic mass is 10.0. The van der Waals surface area contributed by atoms with Crippen LogP contribution in [0.25, 0.3) is 0 Å². The predicted molar refractivity (Wildman–Crippen MR) is 108 cm³/mol. The van der Waals surface area contributed by atoms with Gasteiger partial charge in [-0.25, -0.2) is 13.6 Å². The van der Waals surface area contributed by atoms with E-state index in [9.17, 15) is 23.2 Å². The lowest BCUT2D eigenvalue weighted by Gasteiger charge is -2.17. The first-order chi connectivity index (χ1) is 14.8. The third-order valence-corrected chi connectivity index (χ3v) is 5.55. The minimum absolute atomic E-state index is 0.0841. The number of amides is 3. The van der Waals surface area contributed by atoms with E-state index < -0.39 is 35.8 Å². The van der Waals surface area contributed by atoms with E-state index in [4.69, 9.17) is 16.3 Å². The van der Waals surface area contributed by atoms with Crippen molar-refractivity contribution in [2.45, 2.75) is 31.4 Å². The monoisotopic (exact) mass is 449 g/mol. The Morgan fingerprint density at radius 1 is 1.16 bits per heavy atom. The highest BCUT2D eigenvalue weighted by Gasteiger charge is 2.32. The molecule has 1 saturated heterocycles. The number of benzene rings is 2. The molecule has 1 aliphatic carbocycles. The molecule has 0 bridgehead atoms. The van der Waals surface area contributed by atoms with Gasteiger partial charge in [0.2, 0.25) is 5.91 Å². The van der Waals surface area contributed by atoms with Crippen LogP contribution in [0.5, 0.6) is 0 Å². The van der Waals surface area contributed by atoms with Crippen LogP contribution in [0, 0.1) is 11.6 Å². The fraction of sp³-hybridized carbons (Fsp3) is 0.286. The zero-order valence-corrected chi connectivity index (χ0v) is 16.9. The van der Waals surface area contributed by atoms with Gasteiger partial charge in [-0.2, -0.15) is 0 Å². The number of carbonyl (C=O) groups excluding carboxylic acids is 3. The van der Waals surface area contributed by atoms with Gasteiger partial charge in [0.1, 0.15) is 17.7 Å². The number of ether oxygens (including phenoxy) is 1. The van der Waals surface area contributed by atoms with Crippen LogP contribution < -0.4 is 16.0 Å². The van der Waals surface area contributed by atoms with Crippen LogP contribution >= 0.6 is 11.6 Å². The Labute approximate surface area is 181 Å². The molecule has 7 nitrogen and oxygen atoms in total. The molecule has 2 aromatic rings. The first kappa shape index (κ1) is 21.0. The van der Waals surface area contributed by atoms with Crippen LogP contribution in [-0.2, 0) is 16.0 Å². The molecule has 0 radical (unpaired) electrons.